The lowest BCUT2D eigenvalue weighted by atomic mass is 10.1. The molecule has 0 aliphatic carbocycles. The summed E-state index contributed by atoms with van der Waals surface area (Å²) in [6.07, 6.45) is 3.91. The number of hydrazine groups is 1. The molecule has 0 saturated carbocycles. The van der Waals surface area contributed by atoms with E-state index in [1.165, 1.54) is 0 Å². The average molecular weight is 168 g/mol. The van der Waals surface area contributed by atoms with Crippen LogP contribution in [0, 0.1) is 6.92 Å². The lowest BCUT2D eigenvalue weighted by molar-refractivity contribution is 0.491. The molecule has 0 bridgehead atoms. The largest absolute Gasteiger partial charge is 0.469 e. The Balaban J connectivity index is 2.66. The highest BCUT2D eigenvalue weighted by atomic mass is 16.3. The second-order valence-corrected chi connectivity index (χ2v) is 3.00. The van der Waals surface area contributed by atoms with Crippen LogP contribution in [0.5, 0.6) is 0 Å². The number of hydrogen-bond acceptors (Lipinski definition) is 3. The van der Waals surface area contributed by atoms with Crippen molar-refractivity contribution in [2.24, 2.45) is 5.84 Å². The van der Waals surface area contributed by atoms with Crippen LogP contribution in [0.1, 0.15) is 37.1 Å². The molecule has 0 radical (unpaired) electrons. The van der Waals surface area contributed by atoms with Gasteiger partial charge in [0.25, 0.3) is 0 Å². The van der Waals surface area contributed by atoms with Gasteiger partial charge in [-0.3, -0.25) is 11.3 Å². The summed E-state index contributed by atoms with van der Waals surface area (Å²) in [6, 6.07) is 2.24. The van der Waals surface area contributed by atoms with Crippen molar-refractivity contribution in [3.63, 3.8) is 0 Å². The first kappa shape index (κ1) is 9.29. The molecule has 1 heterocycles. The standard InChI is InChI=1S/C9H16N2O/c1-3-4-9(11-10)8-5-7(2)12-6-8/h5-6,9,11H,3-4,10H2,1-2H3. The van der Waals surface area contributed by atoms with Crippen LogP contribution in [0.4, 0.5) is 0 Å². The van der Waals surface area contributed by atoms with E-state index in [4.69, 9.17) is 10.3 Å². The highest BCUT2D eigenvalue weighted by Gasteiger charge is 2.09. The van der Waals surface area contributed by atoms with E-state index in [1.807, 2.05) is 13.0 Å². The maximum atomic E-state index is 5.41. The predicted octanol–water partition coefficient (Wildman–Crippen LogP) is 1.89. The Bertz CT molecular complexity index is 232. The molecule has 0 saturated heterocycles. The molecule has 0 spiro atoms. The molecule has 0 aromatic carbocycles. The van der Waals surface area contributed by atoms with Crippen molar-refractivity contribution in [2.45, 2.75) is 32.7 Å². The molecule has 1 rings (SSSR count). The highest BCUT2D eigenvalue weighted by Crippen LogP contribution is 2.19. The van der Waals surface area contributed by atoms with Gasteiger partial charge in [-0.25, -0.2) is 0 Å². The fourth-order valence-electron chi connectivity index (χ4n) is 1.28. The fraction of sp³-hybridized carbons (Fsp3) is 0.556. The first-order valence-electron chi connectivity index (χ1n) is 4.29. The Labute approximate surface area is 72.9 Å². The van der Waals surface area contributed by atoms with Gasteiger partial charge in [-0.1, -0.05) is 13.3 Å². The van der Waals surface area contributed by atoms with Gasteiger partial charge in [0.05, 0.1) is 6.26 Å². The first-order chi connectivity index (χ1) is 5.77. The van der Waals surface area contributed by atoms with Crippen molar-refractivity contribution in [1.82, 2.24) is 5.43 Å². The third-order valence-electron chi connectivity index (χ3n) is 1.93. The van der Waals surface area contributed by atoms with Gasteiger partial charge in [-0.15, -0.1) is 0 Å². The molecule has 3 heteroatoms. The molecule has 68 valence electrons. The van der Waals surface area contributed by atoms with Gasteiger partial charge in [0.1, 0.15) is 5.76 Å². The van der Waals surface area contributed by atoms with Gasteiger partial charge < -0.3 is 4.42 Å². The summed E-state index contributed by atoms with van der Waals surface area (Å²) in [5.74, 6) is 6.34. The zero-order valence-corrected chi connectivity index (χ0v) is 7.63. The number of hydrogen-bond donors (Lipinski definition) is 2. The van der Waals surface area contributed by atoms with Gasteiger partial charge >= 0.3 is 0 Å². The van der Waals surface area contributed by atoms with E-state index in [9.17, 15) is 0 Å². The second-order valence-electron chi connectivity index (χ2n) is 3.00. The number of aryl methyl sites for hydroxylation is 1. The van der Waals surface area contributed by atoms with E-state index < -0.39 is 0 Å². The minimum absolute atomic E-state index is 0.229. The molecular formula is C9H16N2O. The molecule has 12 heavy (non-hydrogen) atoms. The van der Waals surface area contributed by atoms with E-state index in [0.717, 1.165) is 24.2 Å². The predicted molar refractivity (Wildman–Crippen MR) is 48.4 cm³/mol. The monoisotopic (exact) mass is 168 g/mol. The summed E-state index contributed by atoms with van der Waals surface area (Å²) in [4.78, 5) is 0. The number of furan rings is 1. The first-order valence-corrected chi connectivity index (χ1v) is 4.29. The Kier molecular flexibility index (Phi) is 3.31. The van der Waals surface area contributed by atoms with Crippen LogP contribution in [0.3, 0.4) is 0 Å². The van der Waals surface area contributed by atoms with Crippen molar-refractivity contribution in [3.8, 4) is 0 Å². The van der Waals surface area contributed by atoms with Gasteiger partial charge in [-0.2, -0.15) is 0 Å². The van der Waals surface area contributed by atoms with Crippen LogP contribution < -0.4 is 11.3 Å². The molecule has 1 unspecified atom stereocenters. The summed E-state index contributed by atoms with van der Waals surface area (Å²) in [6.45, 7) is 4.07. The molecule has 1 aromatic rings. The normalized spacial score (nSPS) is 13.2. The molecule has 0 aliphatic heterocycles. The molecule has 1 atom stereocenters. The fourth-order valence-corrected chi connectivity index (χ4v) is 1.28. The summed E-state index contributed by atoms with van der Waals surface area (Å²) in [5, 5.41) is 0. The Hall–Kier alpha value is -0.800. The van der Waals surface area contributed by atoms with E-state index in [1.54, 1.807) is 6.26 Å². The van der Waals surface area contributed by atoms with Crippen molar-refractivity contribution in [1.29, 1.82) is 0 Å². The van der Waals surface area contributed by atoms with Crippen LogP contribution >= 0.6 is 0 Å². The Morgan fingerprint density at radius 2 is 2.42 bits per heavy atom. The molecule has 0 amide bonds. The number of nitrogens with one attached hydrogen (secondary N) is 1. The van der Waals surface area contributed by atoms with E-state index >= 15 is 0 Å². The van der Waals surface area contributed by atoms with Crippen molar-refractivity contribution in [3.05, 3.63) is 23.7 Å². The molecule has 1 aromatic heterocycles. The SMILES string of the molecule is CCCC(NN)c1coc(C)c1. The molecule has 0 aliphatic rings. The molecule has 3 N–H and O–H groups in total. The Morgan fingerprint density at radius 3 is 2.83 bits per heavy atom. The second kappa shape index (κ2) is 4.28. The van der Waals surface area contributed by atoms with E-state index in [0.29, 0.717) is 0 Å². The van der Waals surface area contributed by atoms with Crippen LogP contribution in [0.2, 0.25) is 0 Å². The van der Waals surface area contributed by atoms with Crippen LogP contribution in [0.25, 0.3) is 0 Å². The molecule has 0 fully saturated rings. The van der Waals surface area contributed by atoms with Gasteiger partial charge in [0.15, 0.2) is 0 Å². The summed E-state index contributed by atoms with van der Waals surface area (Å²) in [5.41, 5.74) is 3.91. The average Bonchev–Trinajstić information content (AvgIpc) is 2.47. The smallest absolute Gasteiger partial charge is 0.101 e. The zero-order valence-electron chi connectivity index (χ0n) is 7.63. The molecular weight excluding hydrogens is 152 g/mol. The lowest BCUT2D eigenvalue weighted by Crippen LogP contribution is -2.27. The summed E-state index contributed by atoms with van der Waals surface area (Å²) >= 11 is 0. The topological polar surface area (TPSA) is 51.2 Å². The van der Waals surface area contributed by atoms with Gasteiger partial charge in [0, 0.05) is 11.6 Å². The molecule has 3 nitrogen and oxygen atoms in total. The number of nitrogens with two attached hydrogens (primary N) is 1. The Morgan fingerprint density at radius 1 is 1.67 bits per heavy atom. The van der Waals surface area contributed by atoms with Crippen LogP contribution in [0.15, 0.2) is 16.7 Å². The minimum Gasteiger partial charge on any atom is -0.469 e. The quantitative estimate of drug-likeness (QED) is 0.533. The van der Waals surface area contributed by atoms with Gasteiger partial charge in [-0.05, 0) is 19.4 Å². The third kappa shape index (κ3) is 2.09. The summed E-state index contributed by atoms with van der Waals surface area (Å²) < 4.78 is 5.20. The third-order valence-corrected chi connectivity index (χ3v) is 1.93. The number of rotatable bonds is 4. The van der Waals surface area contributed by atoms with E-state index in [2.05, 4.69) is 12.3 Å². The van der Waals surface area contributed by atoms with Crippen LogP contribution in [-0.4, -0.2) is 0 Å². The minimum atomic E-state index is 0.229. The summed E-state index contributed by atoms with van der Waals surface area (Å²) in [7, 11) is 0. The van der Waals surface area contributed by atoms with Gasteiger partial charge in [0.2, 0.25) is 0 Å². The van der Waals surface area contributed by atoms with Crippen molar-refractivity contribution < 1.29 is 4.42 Å². The maximum Gasteiger partial charge on any atom is 0.101 e. The van der Waals surface area contributed by atoms with Crippen LogP contribution in [-0.2, 0) is 0 Å². The van der Waals surface area contributed by atoms with E-state index in [-0.39, 0.29) is 6.04 Å². The maximum absolute atomic E-state index is 5.41. The lowest BCUT2D eigenvalue weighted by Gasteiger charge is -2.11. The zero-order chi connectivity index (χ0) is 8.97. The van der Waals surface area contributed by atoms with Crippen molar-refractivity contribution in [2.75, 3.05) is 0 Å². The highest BCUT2D eigenvalue weighted by molar-refractivity contribution is 5.15. The van der Waals surface area contributed by atoms with Crippen molar-refractivity contribution >= 4 is 0 Å².